The zero-order chi connectivity index (χ0) is 13.6. The van der Waals surface area contributed by atoms with Gasteiger partial charge >= 0.3 is 0 Å². The fourth-order valence-electron chi connectivity index (χ4n) is 3.09. The summed E-state index contributed by atoms with van der Waals surface area (Å²) in [5, 5.41) is 1.23. The molecule has 3 heteroatoms. The minimum absolute atomic E-state index is 0.128. The molecule has 0 atom stereocenters. The van der Waals surface area contributed by atoms with Crippen LogP contribution in [0.1, 0.15) is 40.0 Å². The van der Waals surface area contributed by atoms with E-state index in [0.717, 1.165) is 37.0 Å². The highest BCUT2D eigenvalue weighted by atomic mass is 16.2. The predicted octanol–water partition coefficient (Wildman–Crippen LogP) is 3.19. The molecule has 1 amide bonds. The monoisotopic (exact) mass is 256 g/mol. The van der Waals surface area contributed by atoms with Crippen molar-refractivity contribution in [1.82, 2.24) is 9.88 Å². The second-order valence-electron chi connectivity index (χ2n) is 5.67. The van der Waals surface area contributed by atoms with Gasteiger partial charge in [0.25, 0.3) is 5.91 Å². The van der Waals surface area contributed by atoms with Crippen LogP contribution < -0.4 is 0 Å². The van der Waals surface area contributed by atoms with Gasteiger partial charge in [-0.05, 0) is 50.3 Å². The zero-order valence-electron chi connectivity index (χ0n) is 11.8. The van der Waals surface area contributed by atoms with Crippen LogP contribution in [0.4, 0.5) is 0 Å². The summed E-state index contributed by atoms with van der Waals surface area (Å²) < 4.78 is 0. The van der Waals surface area contributed by atoms with Gasteiger partial charge in [0.1, 0.15) is 5.69 Å². The van der Waals surface area contributed by atoms with Gasteiger partial charge in [-0.25, -0.2) is 0 Å². The molecule has 0 radical (unpaired) electrons. The molecule has 1 N–H and O–H groups in total. The normalized spacial score (nSPS) is 16.4. The van der Waals surface area contributed by atoms with Gasteiger partial charge in [-0.2, -0.15) is 0 Å². The molecule has 1 aliphatic rings. The molecule has 0 aliphatic carbocycles. The summed E-state index contributed by atoms with van der Waals surface area (Å²) in [6, 6.07) is 4.37. The lowest BCUT2D eigenvalue weighted by Gasteiger charge is -2.20. The Morgan fingerprint density at radius 2 is 2.00 bits per heavy atom. The Bertz CT molecular complexity index is 654. The van der Waals surface area contributed by atoms with Crippen LogP contribution in [-0.4, -0.2) is 29.4 Å². The van der Waals surface area contributed by atoms with E-state index in [1.165, 1.54) is 22.1 Å². The number of amides is 1. The molecule has 1 aliphatic heterocycles. The van der Waals surface area contributed by atoms with E-state index in [4.69, 9.17) is 0 Å². The lowest BCUT2D eigenvalue weighted by molar-refractivity contribution is 0.0783. The molecule has 100 valence electrons. The van der Waals surface area contributed by atoms with E-state index in [0.29, 0.717) is 0 Å². The molecule has 1 aromatic heterocycles. The first kappa shape index (κ1) is 12.3. The molecule has 3 rings (SSSR count). The lowest BCUT2D eigenvalue weighted by Crippen LogP contribution is -2.30. The average molecular weight is 256 g/mol. The van der Waals surface area contributed by atoms with Crippen LogP contribution in [0.25, 0.3) is 10.9 Å². The third-order valence-electron chi connectivity index (χ3n) is 4.09. The topological polar surface area (TPSA) is 36.1 Å². The number of carbonyl (C=O) groups is 1. The number of hydrogen-bond donors (Lipinski definition) is 1. The first-order valence-electron chi connectivity index (χ1n) is 6.95. The highest BCUT2D eigenvalue weighted by Crippen LogP contribution is 2.29. The minimum atomic E-state index is 0.128. The van der Waals surface area contributed by atoms with Crippen LogP contribution in [0, 0.1) is 13.8 Å². The van der Waals surface area contributed by atoms with Gasteiger partial charge in [-0.3, -0.25) is 4.79 Å². The van der Waals surface area contributed by atoms with Crippen molar-refractivity contribution < 1.29 is 4.79 Å². The fourth-order valence-corrected chi connectivity index (χ4v) is 3.09. The first-order chi connectivity index (χ1) is 9.08. The summed E-state index contributed by atoms with van der Waals surface area (Å²) in [6.45, 7) is 5.07. The maximum atomic E-state index is 12.4. The number of carbonyl (C=O) groups excluding carboxylic acids is 1. The largest absolute Gasteiger partial charge is 0.350 e. The Balaban J connectivity index is 2.28. The second kappa shape index (κ2) is 4.41. The number of aryl methyl sites for hydroxylation is 3. The first-order valence-corrected chi connectivity index (χ1v) is 6.95. The number of H-pyrrole nitrogens is 1. The molecule has 3 nitrogen and oxygen atoms in total. The molecule has 19 heavy (non-hydrogen) atoms. The molecule has 0 saturated carbocycles. The molecular weight excluding hydrogens is 236 g/mol. The Kier molecular flexibility index (Phi) is 2.85. The molecule has 1 aromatic carbocycles. The summed E-state index contributed by atoms with van der Waals surface area (Å²) in [6.07, 6.45) is 3.22. The SMILES string of the molecule is Cc1cc(C)c2[nH]c3c(c2c1)CCCCN(C)C3=O. The Hall–Kier alpha value is -1.77. The van der Waals surface area contributed by atoms with Crippen molar-refractivity contribution >= 4 is 16.8 Å². The summed E-state index contributed by atoms with van der Waals surface area (Å²) in [5.41, 5.74) is 5.61. The third kappa shape index (κ3) is 1.93. The van der Waals surface area contributed by atoms with Crippen molar-refractivity contribution in [2.45, 2.75) is 33.1 Å². The van der Waals surface area contributed by atoms with Crippen LogP contribution in [0.5, 0.6) is 0 Å². The van der Waals surface area contributed by atoms with E-state index >= 15 is 0 Å². The molecule has 0 spiro atoms. The predicted molar refractivity (Wildman–Crippen MR) is 77.7 cm³/mol. The van der Waals surface area contributed by atoms with Crippen molar-refractivity contribution in [3.05, 3.63) is 34.5 Å². The molecule has 0 fully saturated rings. The quantitative estimate of drug-likeness (QED) is 0.772. The van der Waals surface area contributed by atoms with Gasteiger partial charge in [0.15, 0.2) is 0 Å². The Morgan fingerprint density at radius 1 is 1.21 bits per heavy atom. The summed E-state index contributed by atoms with van der Waals surface area (Å²) in [4.78, 5) is 17.6. The molecule has 2 heterocycles. The van der Waals surface area contributed by atoms with E-state index in [-0.39, 0.29) is 5.91 Å². The van der Waals surface area contributed by atoms with E-state index in [1.54, 1.807) is 0 Å². The van der Waals surface area contributed by atoms with Crippen LogP contribution in [-0.2, 0) is 6.42 Å². The number of nitrogens with zero attached hydrogens (tertiary/aromatic N) is 1. The number of benzene rings is 1. The maximum Gasteiger partial charge on any atom is 0.270 e. The maximum absolute atomic E-state index is 12.4. The number of hydrogen-bond acceptors (Lipinski definition) is 1. The van der Waals surface area contributed by atoms with Crippen LogP contribution >= 0.6 is 0 Å². The Labute approximate surface area is 113 Å². The summed E-state index contributed by atoms with van der Waals surface area (Å²) in [7, 11) is 1.89. The molecule has 0 bridgehead atoms. The number of rotatable bonds is 0. The summed E-state index contributed by atoms with van der Waals surface area (Å²) in [5.74, 6) is 0.128. The Morgan fingerprint density at radius 3 is 2.79 bits per heavy atom. The molecule has 0 saturated heterocycles. The van der Waals surface area contributed by atoms with Crippen molar-refractivity contribution in [2.75, 3.05) is 13.6 Å². The number of aromatic amines is 1. The van der Waals surface area contributed by atoms with Gasteiger partial charge in [0, 0.05) is 24.5 Å². The van der Waals surface area contributed by atoms with E-state index in [2.05, 4.69) is 31.0 Å². The standard InChI is InChI=1S/C16H20N2O/c1-10-8-11(2)14-13(9-10)12-6-4-5-7-18(3)16(19)15(12)17-14/h8-9,17H,4-7H2,1-3H3. The van der Waals surface area contributed by atoms with Crippen molar-refractivity contribution in [2.24, 2.45) is 0 Å². The smallest absolute Gasteiger partial charge is 0.270 e. The van der Waals surface area contributed by atoms with Gasteiger partial charge < -0.3 is 9.88 Å². The molecule has 0 unspecified atom stereocenters. The lowest BCUT2D eigenvalue weighted by atomic mass is 9.99. The van der Waals surface area contributed by atoms with Gasteiger partial charge in [-0.1, -0.05) is 11.6 Å². The van der Waals surface area contributed by atoms with Crippen molar-refractivity contribution in [3.63, 3.8) is 0 Å². The zero-order valence-corrected chi connectivity index (χ0v) is 11.8. The number of fused-ring (bicyclic) bond motifs is 3. The van der Waals surface area contributed by atoms with Gasteiger partial charge in [-0.15, -0.1) is 0 Å². The highest BCUT2D eigenvalue weighted by Gasteiger charge is 2.23. The van der Waals surface area contributed by atoms with E-state index in [9.17, 15) is 4.79 Å². The van der Waals surface area contributed by atoms with Crippen molar-refractivity contribution in [1.29, 1.82) is 0 Å². The molecule has 2 aromatic rings. The van der Waals surface area contributed by atoms with Crippen LogP contribution in [0.2, 0.25) is 0 Å². The van der Waals surface area contributed by atoms with E-state index in [1.807, 2.05) is 11.9 Å². The van der Waals surface area contributed by atoms with Crippen LogP contribution in [0.3, 0.4) is 0 Å². The minimum Gasteiger partial charge on any atom is -0.350 e. The molecular formula is C16H20N2O. The highest BCUT2D eigenvalue weighted by molar-refractivity contribution is 6.02. The van der Waals surface area contributed by atoms with Gasteiger partial charge in [0.05, 0.1) is 0 Å². The fraction of sp³-hybridized carbons (Fsp3) is 0.438. The van der Waals surface area contributed by atoms with Crippen LogP contribution in [0.15, 0.2) is 12.1 Å². The number of aromatic nitrogens is 1. The van der Waals surface area contributed by atoms with E-state index < -0.39 is 0 Å². The third-order valence-corrected chi connectivity index (χ3v) is 4.09. The van der Waals surface area contributed by atoms with Gasteiger partial charge in [0.2, 0.25) is 0 Å². The summed E-state index contributed by atoms with van der Waals surface area (Å²) >= 11 is 0. The second-order valence-corrected chi connectivity index (χ2v) is 5.67. The average Bonchev–Trinajstić information content (AvgIpc) is 2.70. The van der Waals surface area contributed by atoms with Crippen molar-refractivity contribution in [3.8, 4) is 0 Å². The number of nitrogens with one attached hydrogen (secondary N) is 1.